The molecule has 0 aliphatic rings. The number of nitrogens with zero attached hydrogens (tertiary/aromatic N) is 1. The minimum atomic E-state index is -4.21. The third kappa shape index (κ3) is 5.72. The summed E-state index contributed by atoms with van der Waals surface area (Å²) in [7, 11) is -1.36. The molecule has 0 saturated heterocycles. The van der Waals surface area contributed by atoms with Crippen molar-refractivity contribution < 1.29 is 27.5 Å². The van der Waals surface area contributed by atoms with Gasteiger partial charge < -0.3 is 20.5 Å². The van der Waals surface area contributed by atoms with Crippen LogP contribution in [0.1, 0.15) is 21.5 Å². The van der Waals surface area contributed by atoms with E-state index in [0.29, 0.717) is 11.4 Å². The third-order valence-corrected chi connectivity index (χ3v) is 6.96. The molecule has 0 fully saturated rings. The third-order valence-electron chi connectivity index (χ3n) is 5.19. The zero-order valence-corrected chi connectivity index (χ0v) is 20.7. The molecule has 10 heteroatoms. The molecule has 0 atom stereocenters. The van der Waals surface area contributed by atoms with Crippen LogP contribution >= 0.6 is 0 Å². The lowest BCUT2D eigenvalue weighted by Crippen LogP contribution is -2.38. The lowest BCUT2D eigenvalue weighted by Gasteiger charge is -2.25. The number of aryl methyl sites for hydroxylation is 2. The Kier molecular flexibility index (Phi) is 7.65. The van der Waals surface area contributed by atoms with E-state index in [9.17, 15) is 18.0 Å². The Hall–Kier alpha value is -4.05. The molecular formula is C25H27N3O6S. The second-order valence-electron chi connectivity index (χ2n) is 7.83. The number of carbonyl (C=O) groups excluding carboxylic acids is 2. The number of hydrogen-bond acceptors (Lipinski definition) is 6. The maximum Gasteiger partial charge on any atom is 0.264 e. The molecule has 3 aromatic rings. The quantitative estimate of drug-likeness (QED) is 0.467. The van der Waals surface area contributed by atoms with E-state index in [1.807, 2.05) is 19.9 Å². The maximum atomic E-state index is 13.8. The number of anilines is 2. The molecule has 0 saturated carbocycles. The number of amides is 2. The zero-order valence-electron chi connectivity index (χ0n) is 19.9. The van der Waals surface area contributed by atoms with E-state index in [-0.39, 0.29) is 21.9 Å². The molecule has 9 nitrogen and oxygen atoms in total. The summed E-state index contributed by atoms with van der Waals surface area (Å²) in [6, 6.07) is 15.7. The molecule has 3 rings (SSSR count). The number of primary amides is 1. The number of rotatable bonds is 9. The van der Waals surface area contributed by atoms with Gasteiger partial charge in [-0.05, 0) is 61.4 Å². The lowest BCUT2D eigenvalue weighted by atomic mass is 10.1. The second-order valence-corrected chi connectivity index (χ2v) is 9.69. The van der Waals surface area contributed by atoms with Crippen LogP contribution in [0.4, 0.5) is 11.4 Å². The van der Waals surface area contributed by atoms with Gasteiger partial charge in [-0.2, -0.15) is 0 Å². The van der Waals surface area contributed by atoms with Crippen molar-refractivity contribution in [1.82, 2.24) is 0 Å². The Morgan fingerprint density at radius 1 is 0.914 bits per heavy atom. The van der Waals surface area contributed by atoms with Crippen LogP contribution in [0, 0.1) is 13.8 Å². The number of benzene rings is 3. The molecule has 35 heavy (non-hydrogen) atoms. The molecule has 0 spiro atoms. The van der Waals surface area contributed by atoms with Crippen LogP contribution < -0.4 is 24.8 Å². The van der Waals surface area contributed by atoms with Crippen LogP contribution in [0.3, 0.4) is 0 Å². The summed E-state index contributed by atoms with van der Waals surface area (Å²) in [6.45, 7) is 3.12. The van der Waals surface area contributed by atoms with Crippen LogP contribution in [0.5, 0.6) is 11.5 Å². The molecule has 0 aliphatic carbocycles. The van der Waals surface area contributed by atoms with Crippen molar-refractivity contribution in [3.63, 3.8) is 0 Å². The fourth-order valence-electron chi connectivity index (χ4n) is 3.64. The average molecular weight is 498 g/mol. The van der Waals surface area contributed by atoms with Gasteiger partial charge in [0.05, 0.1) is 36.1 Å². The first-order valence-corrected chi connectivity index (χ1v) is 12.0. The summed E-state index contributed by atoms with van der Waals surface area (Å²) < 4.78 is 39.0. The molecule has 184 valence electrons. The summed E-state index contributed by atoms with van der Waals surface area (Å²) in [5.41, 5.74) is 7.66. The van der Waals surface area contributed by atoms with Gasteiger partial charge in [0, 0.05) is 6.07 Å². The topological polar surface area (TPSA) is 128 Å². The maximum absolute atomic E-state index is 13.8. The van der Waals surface area contributed by atoms with Crippen molar-refractivity contribution in [2.45, 2.75) is 18.7 Å². The van der Waals surface area contributed by atoms with Gasteiger partial charge in [-0.25, -0.2) is 8.42 Å². The number of ether oxygens (including phenoxy) is 2. The van der Waals surface area contributed by atoms with E-state index in [4.69, 9.17) is 15.2 Å². The lowest BCUT2D eigenvalue weighted by molar-refractivity contribution is -0.114. The van der Waals surface area contributed by atoms with Crippen LogP contribution in [0.25, 0.3) is 0 Å². The zero-order chi connectivity index (χ0) is 25.8. The molecule has 0 bridgehead atoms. The Balaban J connectivity index is 2.05. The van der Waals surface area contributed by atoms with Gasteiger partial charge in [-0.1, -0.05) is 18.2 Å². The Labute approximate surface area is 204 Å². The molecule has 3 N–H and O–H groups in total. The van der Waals surface area contributed by atoms with E-state index >= 15 is 0 Å². The van der Waals surface area contributed by atoms with E-state index < -0.39 is 28.4 Å². The Bertz CT molecular complexity index is 1350. The smallest absolute Gasteiger partial charge is 0.264 e. The van der Waals surface area contributed by atoms with E-state index in [1.54, 1.807) is 24.3 Å². The van der Waals surface area contributed by atoms with Gasteiger partial charge in [-0.3, -0.25) is 13.9 Å². The molecule has 3 aromatic carbocycles. The number of sulfonamides is 1. The summed E-state index contributed by atoms with van der Waals surface area (Å²) in [5.74, 6) is -0.772. The standard InChI is InChI=1S/C25H27N3O6S/c1-16-11-17(2)13-18(12-16)28(15-24(29)27-21-8-6-5-7-20(21)25(26)30)35(31,32)19-9-10-22(33-3)23(14-19)34-4/h5-14H,15H2,1-4H3,(H2,26,30)(H,27,29). The first-order valence-electron chi connectivity index (χ1n) is 10.6. The molecule has 0 heterocycles. The van der Waals surface area contributed by atoms with E-state index in [1.165, 1.54) is 44.6 Å². The molecule has 2 amide bonds. The summed E-state index contributed by atoms with van der Waals surface area (Å²) in [4.78, 5) is 24.7. The van der Waals surface area contributed by atoms with Gasteiger partial charge in [0.1, 0.15) is 6.54 Å². The molecule has 0 aromatic heterocycles. The Morgan fingerprint density at radius 3 is 2.14 bits per heavy atom. The first kappa shape index (κ1) is 25.6. The van der Waals surface area contributed by atoms with E-state index in [2.05, 4.69) is 5.32 Å². The number of carbonyl (C=O) groups is 2. The van der Waals surface area contributed by atoms with Crippen molar-refractivity contribution in [3.05, 3.63) is 77.4 Å². The second kappa shape index (κ2) is 10.5. The highest BCUT2D eigenvalue weighted by Gasteiger charge is 2.29. The molecule has 0 radical (unpaired) electrons. The number of para-hydroxylation sites is 1. The van der Waals surface area contributed by atoms with Crippen molar-refractivity contribution in [2.24, 2.45) is 5.73 Å². The fraction of sp³-hybridized carbons (Fsp3) is 0.200. The summed E-state index contributed by atoms with van der Waals surface area (Å²) >= 11 is 0. The predicted molar refractivity (Wildman–Crippen MR) is 134 cm³/mol. The van der Waals surface area contributed by atoms with Crippen LogP contribution in [-0.4, -0.2) is 41.0 Å². The first-order chi connectivity index (χ1) is 16.6. The largest absolute Gasteiger partial charge is 0.493 e. The average Bonchev–Trinajstić information content (AvgIpc) is 2.81. The monoisotopic (exact) mass is 497 g/mol. The van der Waals surface area contributed by atoms with Gasteiger partial charge in [0.15, 0.2) is 11.5 Å². The van der Waals surface area contributed by atoms with Gasteiger partial charge in [0.25, 0.3) is 15.9 Å². The number of nitrogens with one attached hydrogen (secondary N) is 1. The highest BCUT2D eigenvalue weighted by atomic mass is 32.2. The highest BCUT2D eigenvalue weighted by molar-refractivity contribution is 7.92. The normalized spacial score (nSPS) is 11.0. The van der Waals surface area contributed by atoms with Crippen LogP contribution in [-0.2, 0) is 14.8 Å². The van der Waals surface area contributed by atoms with E-state index in [0.717, 1.165) is 15.4 Å². The Morgan fingerprint density at radius 2 is 1.54 bits per heavy atom. The van der Waals surface area contributed by atoms with Crippen molar-refractivity contribution in [2.75, 3.05) is 30.4 Å². The minimum absolute atomic E-state index is 0.0837. The van der Waals surface area contributed by atoms with Gasteiger partial charge in [-0.15, -0.1) is 0 Å². The highest BCUT2D eigenvalue weighted by Crippen LogP contribution is 2.32. The predicted octanol–water partition coefficient (Wildman–Crippen LogP) is 3.25. The van der Waals surface area contributed by atoms with Crippen LogP contribution in [0.2, 0.25) is 0 Å². The summed E-state index contributed by atoms with van der Waals surface area (Å²) in [6.07, 6.45) is 0. The minimum Gasteiger partial charge on any atom is -0.493 e. The molecule has 0 aliphatic heterocycles. The fourth-order valence-corrected chi connectivity index (χ4v) is 5.06. The SMILES string of the molecule is COc1ccc(S(=O)(=O)N(CC(=O)Nc2ccccc2C(N)=O)c2cc(C)cc(C)c2)cc1OC. The summed E-state index contributed by atoms with van der Waals surface area (Å²) in [5, 5.41) is 2.60. The number of hydrogen-bond donors (Lipinski definition) is 2. The van der Waals surface area contributed by atoms with Crippen molar-refractivity contribution >= 4 is 33.2 Å². The van der Waals surface area contributed by atoms with Gasteiger partial charge in [0.2, 0.25) is 5.91 Å². The number of nitrogens with two attached hydrogens (primary N) is 1. The molecular weight excluding hydrogens is 470 g/mol. The van der Waals surface area contributed by atoms with Crippen LogP contribution in [0.15, 0.2) is 65.6 Å². The molecule has 0 unspecified atom stereocenters. The van der Waals surface area contributed by atoms with Gasteiger partial charge >= 0.3 is 0 Å². The van der Waals surface area contributed by atoms with Crippen molar-refractivity contribution in [1.29, 1.82) is 0 Å². The number of methoxy groups -OCH3 is 2. The van der Waals surface area contributed by atoms with Crippen molar-refractivity contribution in [3.8, 4) is 11.5 Å².